The molecule has 0 bridgehead atoms. The van der Waals surface area contributed by atoms with Gasteiger partial charge in [0.15, 0.2) is 11.6 Å². The third kappa shape index (κ3) is 2.51. The summed E-state index contributed by atoms with van der Waals surface area (Å²) in [4.78, 5) is 0. The monoisotopic (exact) mass is 251 g/mol. The second-order valence-corrected chi connectivity index (χ2v) is 5.25. The van der Waals surface area contributed by atoms with E-state index in [1.807, 2.05) is 12.1 Å². The van der Waals surface area contributed by atoms with E-state index in [4.69, 9.17) is 4.74 Å². The Balaban J connectivity index is 2.14. The molecule has 1 fully saturated rings. The minimum atomic E-state index is -0.199. The van der Waals surface area contributed by atoms with E-state index >= 15 is 0 Å². The number of halogens is 1. The summed E-state index contributed by atoms with van der Waals surface area (Å²) in [5, 5.41) is 3.46. The molecule has 0 heterocycles. The zero-order valence-electron chi connectivity index (χ0n) is 11.4. The molecule has 18 heavy (non-hydrogen) atoms. The van der Waals surface area contributed by atoms with Gasteiger partial charge < -0.3 is 10.1 Å². The molecule has 0 saturated heterocycles. The molecule has 1 aromatic carbocycles. The van der Waals surface area contributed by atoms with Crippen LogP contribution >= 0.6 is 0 Å². The highest BCUT2D eigenvalue weighted by molar-refractivity contribution is 5.32. The van der Waals surface area contributed by atoms with Gasteiger partial charge in [-0.15, -0.1) is 0 Å². The Morgan fingerprint density at radius 1 is 1.44 bits per heavy atom. The maximum Gasteiger partial charge on any atom is 0.168 e. The molecular formula is C15H22FNO. The van der Waals surface area contributed by atoms with Gasteiger partial charge in [0.1, 0.15) is 0 Å². The Kier molecular flexibility index (Phi) is 3.91. The summed E-state index contributed by atoms with van der Waals surface area (Å²) >= 11 is 0. The summed E-state index contributed by atoms with van der Waals surface area (Å²) in [5.41, 5.74) is 1.01. The highest BCUT2D eigenvalue weighted by Gasteiger charge is 2.47. The lowest BCUT2D eigenvalue weighted by Crippen LogP contribution is -2.36. The third-order valence-corrected chi connectivity index (χ3v) is 4.13. The fourth-order valence-electron chi connectivity index (χ4n) is 2.68. The molecule has 1 aliphatic rings. The number of hydrogen-bond acceptors (Lipinski definition) is 2. The standard InChI is InChI=1S/C15H22FNO/c1-4-17-11(2)15(8-9-15)10-12-6-5-7-13(18-3)14(12)16/h5-7,11,17H,4,8-10H2,1-3H3. The summed E-state index contributed by atoms with van der Waals surface area (Å²) < 4.78 is 19.2. The van der Waals surface area contributed by atoms with Crippen LogP contribution in [0.3, 0.4) is 0 Å². The summed E-state index contributed by atoms with van der Waals surface area (Å²) in [7, 11) is 1.51. The van der Waals surface area contributed by atoms with Gasteiger partial charge in [0.25, 0.3) is 0 Å². The van der Waals surface area contributed by atoms with Gasteiger partial charge in [0.2, 0.25) is 0 Å². The summed E-state index contributed by atoms with van der Waals surface area (Å²) in [6.07, 6.45) is 3.15. The van der Waals surface area contributed by atoms with Gasteiger partial charge in [0, 0.05) is 6.04 Å². The second-order valence-electron chi connectivity index (χ2n) is 5.25. The van der Waals surface area contributed by atoms with Crippen LogP contribution in [-0.4, -0.2) is 19.7 Å². The van der Waals surface area contributed by atoms with Crippen LogP contribution in [0.2, 0.25) is 0 Å². The van der Waals surface area contributed by atoms with Gasteiger partial charge >= 0.3 is 0 Å². The van der Waals surface area contributed by atoms with Crippen LogP contribution in [0.25, 0.3) is 0 Å². The van der Waals surface area contributed by atoms with Crippen molar-refractivity contribution in [3.05, 3.63) is 29.6 Å². The van der Waals surface area contributed by atoms with Crippen LogP contribution in [0.5, 0.6) is 5.75 Å². The minimum Gasteiger partial charge on any atom is -0.494 e. The largest absolute Gasteiger partial charge is 0.494 e. The van der Waals surface area contributed by atoms with E-state index in [1.54, 1.807) is 6.07 Å². The zero-order chi connectivity index (χ0) is 13.2. The second kappa shape index (κ2) is 5.27. The van der Waals surface area contributed by atoms with E-state index in [0.717, 1.165) is 18.5 Å². The molecule has 2 rings (SSSR count). The molecule has 1 aliphatic carbocycles. The average Bonchev–Trinajstić information content (AvgIpc) is 3.13. The number of methoxy groups -OCH3 is 1. The molecule has 100 valence electrons. The number of rotatable bonds is 6. The lowest BCUT2D eigenvalue weighted by atomic mass is 9.89. The molecule has 1 saturated carbocycles. The molecule has 1 atom stereocenters. The first kappa shape index (κ1) is 13.3. The first-order valence-electron chi connectivity index (χ1n) is 6.67. The molecule has 0 spiro atoms. The van der Waals surface area contributed by atoms with Crippen molar-refractivity contribution in [2.45, 2.75) is 39.2 Å². The van der Waals surface area contributed by atoms with Gasteiger partial charge in [-0.1, -0.05) is 19.1 Å². The van der Waals surface area contributed by atoms with Gasteiger partial charge in [-0.3, -0.25) is 0 Å². The molecule has 0 radical (unpaired) electrons. The maximum absolute atomic E-state index is 14.1. The van der Waals surface area contributed by atoms with Crippen molar-refractivity contribution in [3.8, 4) is 5.75 Å². The van der Waals surface area contributed by atoms with E-state index < -0.39 is 0 Å². The molecule has 1 unspecified atom stereocenters. The van der Waals surface area contributed by atoms with Crippen molar-refractivity contribution in [3.63, 3.8) is 0 Å². The van der Waals surface area contributed by atoms with Gasteiger partial charge in [0.05, 0.1) is 7.11 Å². The normalized spacial score (nSPS) is 18.4. The lowest BCUT2D eigenvalue weighted by molar-refractivity contribution is 0.345. The van der Waals surface area contributed by atoms with E-state index in [1.165, 1.54) is 20.0 Å². The van der Waals surface area contributed by atoms with Crippen LogP contribution in [-0.2, 0) is 6.42 Å². The summed E-state index contributed by atoms with van der Waals surface area (Å²) in [6.45, 7) is 5.27. The third-order valence-electron chi connectivity index (χ3n) is 4.13. The lowest BCUT2D eigenvalue weighted by Gasteiger charge is -2.24. The number of ether oxygens (including phenoxy) is 1. The van der Waals surface area contributed by atoms with Crippen LogP contribution in [0.4, 0.5) is 4.39 Å². The maximum atomic E-state index is 14.1. The SMILES string of the molecule is CCNC(C)C1(Cc2cccc(OC)c2F)CC1. The van der Waals surface area contributed by atoms with E-state index in [0.29, 0.717) is 11.8 Å². The Labute approximate surface area is 109 Å². The number of nitrogens with one attached hydrogen (secondary N) is 1. The molecule has 0 amide bonds. The predicted octanol–water partition coefficient (Wildman–Crippen LogP) is 3.16. The summed E-state index contributed by atoms with van der Waals surface area (Å²) in [6, 6.07) is 5.85. The van der Waals surface area contributed by atoms with Gasteiger partial charge in [-0.2, -0.15) is 0 Å². The van der Waals surface area contributed by atoms with Crippen molar-refractivity contribution < 1.29 is 9.13 Å². The molecule has 0 aromatic heterocycles. The smallest absolute Gasteiger partial charge is 0.168 e. The number of hydrogen-bond donors (Lipinski definition) is 1. The van der Waals surface area contributed by atoms with Crippen LogP contribution < -0.4 is 10.1 Å². The number of benzene rings is 1. The Bertz CT molecular complexity index is 415. The molecule has 1 aromatic rings. The predicted molar refractivity (Wildman–Crippen MR) is 71.5 cm³/mol. The first-order valence-corrected chi connectivity index (χ1v) is 6.67. The van der Waals surface area contributed by atoms with Crippen LogP contribution in [0.15, 0.2) is 18.2 Å². The molecule has 3 heteroatoms. The first-order chi connectivity index (χ1) is 8.63. The van der Waals surface area contributed by atoms with Crippen LogP contribution in [0, 0.1) is 11.2 Å². The van der Waals surface area contributed by atoms with Gasteiger partial charge in [-0.05, 0) is 49.8 Å². The fourth-order valence-corrected chi connectivity index (χ4v) is 2.68. The van der Waals surface area contributed by atoms with E-state index in [9.17, 15) is 4.39 Å². The Hall–Kier alpha value is -1.09. The van der Waals surface area contributed by atoms with Crippen molar-refractivity contribution in [1.82, 2.24) is 5.32 Å². The highest BCUT2D eigenvalue weighted by Crippen LogP contribution is 2.51. The van der Waals surface area contributed by atoms with E-state index in [2.05, 4.69) is 19.2 Å². The van der Waals surface area contributed by atoms with E-state index in [-0.39, 0.29) is 11.2 Å². The van der Waals surface area contributed by atoms with Crippen molar-refractivity contribution in [2.24, 2.45) is 5.41 Å². The van der Waals surface area contributed by atoms with Crippen molar-refractivity contribution in [1.29, 1.82) is 0 Å². The molecular weight excluding hydrogens is 229 g/mol. The minimum absolute atomic E-state index is 0.199. The zero-order valence-corrected chi connectivity index (χ0v) is 11.4. The van der Waals surface area contributed by atoms with Crippen LogP contribution in [0.1, 0.15) is 32.3 Å². The van der Waals surface area contributed by atoms with Crippen molar-refractivity contribution >= 4 is 0 Å². The van der Waals surface area contributed by atoms with Gasteiger partial charge in [-0.25, -0.2) is 4.39 Å². The quantitative estimate of drug-likeness (QED) is 0.838. The fraction of sp³-hybridized carbons (Fsp3) is 0.600. The summed E-state index contributed by atoms with van der Waals surface area (Å²) in [5.74, 6) is 0.148. The Morgan fingerprint density at radius 3 is 2.72 bits per heavy atom. The highest BCUT2D eigenvalue weighted by atomic mass is 19.1. The Morgan fingerprint density at radius 2 is 2.17 bits per heavy atom. The molecule has 0 aliphatic heterocycles. The molecule has 2 nitrogen and oxygen atoms in total. The average molecular weight is 251 g/mol. The topological polar surface area (TPSA) is 21.3 Å². The molecule has 1 N–H and O–H groups in total. The van der Waals surface area contributed by atoms with Crippen molar-refractivity contribution in [2.75, 3.05) is 13.7 Å².